The summed E-state index contributed by atoms with van der Waals surface area (Å²) in [4.78, 5) is 0. The molecule has 0 aliphatic carbocycles. The van der Waals surface area contributed by atoms with Gasteiger partial charge in [-0.2, -0.15) is 0 Å². The van der Waals surface area contributed by atoms with Gasteiger partial charge in [0.25, 0.3) is 0 Å². The van der Waals surface area contributed by atoms with Crippen molar-refractivity contribution in [3.8, 4) is 0 Å². The largest absolute Gasteiger partial charge is 0.487 e. The molecule has 12 heavy (non-hydrogen) atoms. The molecule has 0 rings (SSSR count). The van der Waals surface area contributed by atoms with Crippen molar-refractivity contribution in [3.63, 3.8) is 0 Å². The summed E-state index contributed by atoms with van der Waals surface area (Å²) >= 11 is 5.10. The zero-order valence-electron chi connectivity index (χ0n) is 8.43. The summed E-state index contributed by atoms with van der Waals surface area (Å²) in [5, 5.41) is 0.786. The van der Waals surface area contributed by atoms with Gasteiger partial charge in [-0.1, -0.05) is 33.6 Å². The van der Waals surface area contributed by atoms with Gasteiger partial charge in [-0.05, 0) is 25.1 Å². The topological polar surface area (TPSA) is 9.23 Å². The van der Waals surface area contributed by atoms with Crippen molar-refractivity contribution in [2.24, 2.45) is 5.92 Å². The first-order valence-electron chi connectivity index (χ1n) is 4.89. The van der Waals surface area contributed by atoms with Crippen molar-refractivity contribution < 1.29 is 4.74 Å². The second-order valence-corrected chi connectivity index (χ2v) is 3.59. The van der Waals surface area contributed by atoms with Gasteiger partial charge in [0, 0.05) is 5.92 Å². The average molecular weight is 188 g/mol. The lowest BCUT2D eigenvalue weighted by Crippen LogP contribution is -2.12. The molecule has 0 saturated carbocycles. The Labute approximate surface area is 81.5 Å². The smallest absolute Gasteiger partial charge is 0.162 e. The van der Waals surface area contributed by atoms with Crippen molar-refractivity contribution in [1.29, 1.82) is 0 Å². The van der Waals surface area contributed by atoms with Crippen LogP contribution >= 0.6 is 12.2 Å². The highest BCUT2D eigenvalue weighted by molar-refractivity contribution is 7.80. The molecule has 0 aliphatic rings. The SMILES string of the molecule is CCCCCOC(=S)C(C)CC. The first kappa shape index (κ1) is 11.9. The lowest BCUT2D eigenvalue weighted by Gasteiger charge is -2.11. The molecule has 0 bridgehead atoms. The maximum absolute atomic E-state index is 5.43. The van der Waals surface area contributed by atoms with E-state index in [4.69, 9.17) is 17.0 Å². The zero-order chi connectivity index (χ0) is 9.40. The quantitative estimate of drug-likeness (QED) is 0.465. The highest BCUT2D eigenvalue weighted by Crippen LogP contribution is 2.06. The average Bonchev–Trinajstić information content (AvgIpc) is 2.10. The van der Waals surface area contributed by atoms with Crippen LogP contribution in [0.2, 0.25) is 0 Å². The van der Waals surface area contributed by atoms with Gasteiger partial charge < -0.3 is 4.74 Å². The monoisotopic (exact) mass is 188 g/mol. The predicted molar refractivity (Wildman–Crippen MR) is 57.5 cm³/mol. The van der Waals surface area contributed by atoms with Gasteiger partial charge in [-0.25, -0.2) is 0 Å². The highest BCUT2D eigenvalue weighted by atomic mass is 32.1. The summed E-state index contributed by atoms with van der Waals surface area (Å²) in [7, 11) is 0. The summed E-state index contributed by atoms with van der Waals surface area (Å²) in [6, 6.07) is 0. The van der Waals surface area contributed by atoms with E-state index in [9.17, 15) is 0 Å². The fourth-order valence-corrected chi connectivity index (χ4v) is 1.08. The third-order valence-electron chi connectivity index (χ3n) is 2.01. The van der Waals surface area contributed by atoms with E-state index >= 15 is 0 Å². The van der Waals surface area contributed by atoms with Gasteiger partial charge in [-0.15, -0.1) is 0 Å². The number of ether oxygens (including phenoxy) is 1. The molecule has 72 valence electrons. The Morgan fingerprint density at radius 3 is 2.50 bits per heavy atom. The summed E-state index contributed by atoms with van der Waals surface area (Å²) < 4.78 is 5.43. The molecular weight excluding hydrogens is 168 g/mol. The van der Waals surface area contributed by atoms with Crippen LogP contribution in [-0.4, -0.2) is 11.7 Å². The van der Waals surface area contributed by atoms with Crippen molar-refractivity contribution in [2.45, 2.75) is 46.5 Å². The molecule has 0 radical (unpaired) electrons. The molecule has 0 aromatic carbocycles. The van der Waals surface area contributed by atoms with Crippen LogP contribution in [0.4, 0.5) is 0 Å². The van der Waals surface area contributed by atoms with E-state index in [0.717, 1.165) is 24.5 Å². The van der Waals surface area contributed by atoms with Gasteiger partial charge in [0.2, 0.25) is 0 Å². The van der Waals surface area contributed by atoms with Crippen LogP contribution in [0.25, 0.3) is 0 Å². The Kier molecular flexibility index (Phi) is 7.47. The van der Waals surface area contributed by atoms with E-state index in [1.54, 1.807) is 0 Å². The summed E-state index contributed by atoms with van der Waals surface area (Å²) in [5.41, 5.74) is 0. The predicted octanol–water partition coefficient (Wildman–Crippen LogP) is 3.57. The Balaban J connectivity index is 3.31. The lowest BCUT2D eigenvalue weighted by molar-refractivity contribution is 0.282. The molecule has 0 amide bonds. The second-order valence-electron chi connectivity index (χ2n) is 3.18. The summed E-state index contributed by atoms with van der Waals surface area (Å²) in [6.07, 6.45) is 4.68. The normalized spacial score (nSPS) is 12.6. The minimum absolute atomic E-state index is 0.432. The van der Waals surface area contributed by atoms with Crippen LogP contribution in [0.1, 0.15) is 46.5 Å². The number of unbranched alkanes of at least 4 members (excludes halogenated alkanes) is 2. The van der Waals surface area contributed by atoms with Crippen LogP contribution < -0.4 is 0 Å². The van der Waals surface area contributed by atoms with Crippen LogP contribution in [0.15, 0.2) is 0 Å². The third kappa shape index (κ3) is 5.53. The summed E-state index contributed by atoms with van der Waals surface area (Å²) in [5.74, 6) is 0.432. The third-order valence-corrected chi connectivity index (χ3v) is 2.53. The fourth-order valence-electron chi connectivity index (χ4n) is 0.834. The molecule has 0 heterocycles. The van der Waals surface area contributed by atoms with Crippen LogP contribution in [-0.2, 0) is 4.74 Å². The van der Waals surface area contributed by atoms with E-state index < -0.39 is 0 Å². The first-order valence-corrected chi connectivity index (χ1v) is 5.29. The molecule has 0 aromatic heterocycles. The molecule has 0 N–H and O–H groups in total. The van der Waals surface area contributed by atoms with Crippen molar-refractivity contribution in [1.82, 2.24) is 0 Å². The van der Waals surface area contributed by atoms with Crippen molar-refractivity contribution in [2.75, 3.05) is 6.61 Å². The standard InChI is InChI=1S/C10H20OS/c1-4-6-7-8-11-10(12)9(3)5-2/h9H,4-8H2,1-3H3. The molecular formula is C10H20OS. The van der Waals surface area contributed by atoms with E-state index in [0.29, 0.717) is 5.92 Å². The van der Waals surface area contributed by atoms with Gasteiger partial charge in [-0.3, -0.25) is 0 Å². The molecule has 0 spiro atoms. The molecule has 1 atom stereocenters. The van der Waals surface area contributed by atoms with Gasteiger partial charge in [0.15, 0.2) is 5.05 Å². The van der Waals surface area contributed by atoms with Crippen LogP contribution in [0.3, 0.4) is 0 Å². The maximum atomic E-state index is 5.43. The molecule has 0 aromatic rings. The Morgan fingerprint density at radius 2 is 2.00 bits per heavy atom. The number of thiocarbonyl (C=S) groups is 1. The minimum atomic E-state index is 0.432. The Morgan fingerprint density at radius 1 is 1.33 bits per heavy atom. The molecule has 2 heteroatoms. The molecule has 0 aliphatic heterocycles. The number of hydrogen-bond acceptors (Lipinski definition) is 2. The Hall–Kier alpha value is -0.110. The Bertz CT molecular complexity index is 123. The van der Waals surface area contributed by atoms with Gasteiger partial charge in [0.1, 0.15) is 0 Å². The van der Waals surface area contributed by atoms with Gasteiger partial charge in [0.05, 0.1) is 6.61 Å². The first-order chi connectivity index (χ1) is 5.72. The highest BCUT2D eigenvalue weighted by Gasteiger charge is 2.05. The molecule has 1 nitrogen and oxygen atoms in total. The lowest BCUT2D eigenvalue weighted by atomic mass is 10.1. The number of hydrogen-bond donors (Lipinski definition) is 0. The zero-order valence-corrected chi connectivity index (χ0v) is 9.25. The molecule has 1 unspecified atom stereocenters. The maximum Gasteiger partial charge on any atom is 0.162 e. The summed E-state index contributed by atoms with van der Waals surface area (Å²) in [6.45, 7) is 7.23. The molecule has 0 fully saturated rings. The van der Waals surface area contributed by atoms with E-state index in [2.05, 4.69) is 20.8 Å². The fraction of sp³-hybridized carbons (Fsp3) is 0.900. The van der Waals surface area contributed by atoms with Crippen LogP contribution in [0, 0.1) is 5.92 Å². The molecule has 0 saturated heterocycles. The van der Waals surface area contributed by atoms with E-state index in [1.807, 2.05) is 0 Å². The second kappa shape index (κ2) is 7.53. The minimum Gasteiger partial charge on any atom is -0.487 e. The van der Waals surface area contributed by atoms with E-state index in [1.165, 1.54) is 12.8 Å². The van der Waals surface area contributed by atoms with E-state index in [-0.39, 0.29) is 0 Å². The van der Waals surface area contributed by atoms with Crippen molar-refractivity contribution >= 4 is 17.3 Å². The van der Waals surface area contributed by atoms with Crippen LogP contribution in [0.5, 0.6) is 0 Å². The number of rotatable bonds is 6. The van der Waals surface area contributed by atoms with Crippen molar-refractivity contribution in [3.05, 3.63) is 0 Å². The van der Waals surface area contributed by atoms with Gasteiger partial charge >= 0.3 is 0 Å².